The Labute approximate surface area is 132 Å². The fourth-order valence-corrected chi connectivity index (χ4v) is 3.77. The Morgan fingerprint density at radius 3 is 2.67 bits per heavy atom. The fraction of sp³-hybridized carbons (Fsp3) is 0.154. The number of aromatic nitrogens is 1. The van der Waals surface area contributed by atoms with Crippen molar-refractivity contribution in [2.75, 3.05) is 4.72 Å². The third-order valence-corrected chi connectivity index (χ3v) is 4.97. The molecule has 112 valence electrons. The number of aliphatic hydroxyl groups is 1. The highest BCUT2D eigenvalue weighted by molar-refractivity contribution is 7.92. The number of nitrogens with one attached hydrogen (secondary N) is 1. The molecule has 0 amide bonds. The van der Waals surface area contributed by atoms with E-state index in [1.165, 1.54) is 30.6 Å². The van der Waals surface area contributed by atoms with Gasteiger partial charge in [0.15, 0.2) is 0 Å². The maximum atomic E-state index is 12.4. The molecule has 0 fully saturated rings. The van der Waals surface area contributed by atoms with E-state index in [4.69, 9.17) is 23.2 Å². The van der Waals surface area contributed by atoms with Crippen LogP contribution in [0.1, 0.15) is 11.1 Å². The van der Waals surface area contributed by atoms with Crippen LogP contribution in [0.2, 0.25) is 10.0 Å². The van der Waals surface area contributed by atoms with Crippen molar-refractivity contribution in [3.63, 3.8) is 0 Å². The third kappa shape index (κ3) is 3.47. The summed E-state index contributed by atoms with van der Waals surface area (Å²) in [6.45, 7) is 1.32. The summed E-state index contributed by atoms with van der Waals surface area (Å²) in [7, 11) is -3.93. The molecule has 0 atom stereocenters. The lowest BCUT2D eigenvalue weighted by atomic mass is 10.2. The second-order valence-electron chi connectivity index (χ2n) is 4.33. The van der Waals surface area contributed by atoms with Gasteiger partial charge in [0, 0.05) is 17.4 Å². The van der Waals surface area contributed by atoms with Gasteiger partial charge in [0.25, 0.3) is 10.0 Å². The molecule has 1 aromatic heterocycles. The molecule has 8 heteroatoms. The molecule has 1 aromatic carbocycles. The van der Waals surface area contributed by atoms with Crippen molar-refractivity contribution in [3.8, 4) is 0 Å². The molecule has 0 saturated carbocycles. The van der Waals surface area contributed by atoms with Crippen LogP contribution in [0.3, 0.4) is 0 Å². The van der Waals surface area contributed by atoms with Crippen LogP contribution in [0, 0.1) is 6.92 Å². The van der Waals surface area contributed by atoms with Crippen LogP contribution in [0.15, 0.2) is 35.5 Å². The molecule has 2 rings (SSSR count). The molecule has 0 aliphatic heterocycles. The number of anilines is 1. The van der Waals surface area contributed by atoms with Gasteiger partial charge in [0.1, 0.15) is 4.90 Å². The van der Waals surface area contributed by atoms with E-state index in [-0.39, 0.29) is 20.5 Å². The number of benzene rings is 1. The maximum absolute atomic E-state index is 12.4. The first-order valence-corrected chi connectivity index (χ1v) is 8.11. The van der Waals surface area contributed by atoms with Crippen LogP contribution < -0.4 is 4.72 Å². The van der Waals surface area contributed by atoms with E-state index < -0.39 is 16.6 Å². The first kappa shape index (κ1) is 16.0. The van der Waals surface area contributed by atoms with Gasteiger partial charge in [-0.3, -0.25) is 9.71 Å². The van der Waals surface area contributed by atoms with Gasteiger partial charge in [0.2, 0.25) is 0 Å². The first-order chi connectivity index (χ1) is 9.85. The van der Waals surface area contributed by atoms with Crippen molar-refractivity contribution in [1.82, 2.24) is 4.98 Å². The van der Waals surface area contributed by atoms with Crippen LogP contribution in [-0.4, -0.2) is 18.5 Å². The van der Waals surface area contributed by atoms with Crippen molar-refractivity contribution >= 4 is 38.9 Å². The molecule has 0 radical (unpaired) electrons. The summed E-state index contributed by atoms with van der Waals surface area (Å²) in [6.07, 6.45) is 3.01. The van der Waals surface area contributed by atoms with E-state index in [1.807, 2.05) is 0 Å². The predicted octanol–water partition coefficient (Wildman–Crippen LogP) is 2.99. The fourth-order valence-electron chi connectivity index (χ4n) is 1.72. The number of halogens is 2. The topological polar surface area (TPSA) is 79.3 Å². The molecular formula is C13H12Cl2N2O3S. The lowest BCUT2D eigenvalue weighted by Gasteiger charge is -2.13. The Morgan fingerprint density at radius 1 is 1.33 bits per heavy atom. The molecule has 2 aromatic rings. The van der Waals surface area contributed by atoms with Crippen molar-refractivity contribution in [1.29, 1.82) is 0 Å². The van der Waals surface area contributed by atoms with Gasteiger partial charge in [-0.25, -0.2) is 8.42 Å². The first-order valence-electron chi connectivity index (χ1n) is 5.87. The molecule has 21 heavy (non-hydrogen) atoms. The van der Waals surface area contributed by atoms with Gasteiger partial charge in [-0.05, 0) is 36.2 Å². The minimum atomic E-state index is -3.93. The highest BCUT2D eigenvalue weighted by atomic mass is 35.5. The normalized spacial score (nSPS) is 11.4. The Balaban J connectivity index is 2.50. The summed E-state index contributed by atoms with van der Waals surface area (Å²) in [5, 5.41) is 9.32. The molecule has 0 bridgehead atoms. The number of sulfonamides is 1. The molecule has 5 nitrogen and oxygen atoms in total. The third-order valence-electron chi connectivity index (χ3n) is 2.80. The van der Waals surface area contributed by atoms with Crippen LogP contribution in [-0.2, 0) is 16.6 Å². The minimum Gasteiger partial charge on any atom is -0.392 e. The second-order valence-corrected chi connectivity index (χ2v) is 6.80. The molecule has 0 saturated heterocycles. The smallest absolute Gasteiger partial charge is 0.263 e. The number of nitrogens with zero attached hydrogens (tertiary/aromatic N) is 1. The molecule has 0 spiro atoms. The Kier molecular flexibility index (Phi) is 4.73. The average molecular weight is 347 g/mol. The van der Waals surface area contributed by atoms with Crippen LogP contribution in [0.25, 0.3) is 0 Å². The number of hydrogen-bond donors (Lipinski definition) is 2. The lowest BCUT2D eigenvalue weighted by molar-refractivity contribution is 0.281. The quantitative estimate of drug-likeness (QED) is 0.891. The highest BCUT2D eigenvalue weighted by Gasteiger charge is 2.21. The van der Waals surface area contributed by atoms with Gasteiger partial charge < -0.3 is 5.11 Å². The zero-order valence-electron chi connectivity index (χ0n) is 11.0. The molecule has 0 unspecified atom stereocenters. The van der Waals surface area contributed by atoms with E-state index in [1.54, 1.807) is 6.92 Å². The number of aliphatic hydroxyl groups excluding tert-OH is 1. The van der Waals surface area contributed by atoms with Crippen molar-refractivity contribution in [2.45, 2.75) is 18.4 Å². The zero-order valence-corrected chi connectivity index (χ0v) is 13.3. The van der Waals surface area contributed by atoms with E-state index >= 15 is 0 Å². The van der Waals surface area contributed by atoms with Crippen molar-refractivity contribution < 1.29 is 13.5 Å². The van der Waals surface area contributed by atoms with Crippen molar-refractivity contribution in [3.05, 3.63) is 51.8 Å². The molecule has 2 N–H and O–H groups in total. The van der Waals surface area contributed by atoms with Gasteiger partial charge in [-0.15, -0.1) is 0 Å². The highest BCUT2D eigenvalue weighted by Crippen LogP contribution is 2.31. The van der Waals surface area contributed by atoms with E-state index in [0.717, 1.165) is 0 Å². The Hall–Kier alpha value is -1.34. The number of rotatable bonds is 4. The molecule has 0 aliphatic carbocycles. The summed E-state index contributed by atoms with van der Waals surface area (Å²) in [6, 6.07) is 4.20. The van der Waals surface area contributed by atoms with Crippen LogP contribution >= 0.6 is 23.2 Å². The summed E-state index contributed by atoms with van der Waals surface area (Å²) >= 11 is 11.9. The van der Waals surface area contributed by atoms with Gasteiger partial charge in [-0.2, -0.15) is 0 Å². The van der Waals surface area contributed by atoms with Crippen LogP contribution in [0.5, 0.6) is 0 Å². The summed E-state index contributed by atoms with van der Waals surface area (Å²) in [5.41, 5.74) is 1.31. The monoisotopic (exact) mass is 346 g/mol. The van der Waals surface area contributed by atoms with E-state index in [0.29, 0.717) is 11.3 Å². The second kappa shape index (κ2) is 6.19. The molecular weight excluding hydrogens is 335 g/mol. The zero-order chi connectivity index (χ0) is 15.6. The van der Waals surface area contributed by atoms with Crippen molar-refractivity contribution in [2.24, 2.45) is 0 Å². The predicted molar refractivity (Wildman–Crippen MR) is 82.2 cm³/mol. The standard InChI is InChI=1S/C13H12Cl2N2O3S/c1-8-6-16-3-2-11(8)17-21(19,20)12-5-10(14)4-9(7-18)13(12)15/h2-6,18H,7H2,1H3,(H,16,17). The maximum Gasteiger partial charge on any atom is 0.263 e. The van der Waals surface area contributed by atoms with E-state index in [2.05, 4.69) is 9.71 Å². The summed E-state index contributed by atoms with van der Waals surface area (Å²) in [4.78, 5) is 3.71. The Bertz CT molecular complexity index is 779. The number of aryl methyl sites for hydroxylation is 1. The molecule has 0 aliphatic rings. The SMILES string of the molecule is Cc1cnccc1NS(=O)(=O)c1cc(Cl)cc(CO)c1Cl. The number of pyridine rings is 1. The average Bonchev–Trinajstić information content (AvgIpc) is 2.43. The number of hydrogen-bond acceptors (Lipinski definition) is 4. The molecule has 1 heterocycles. The van der Waals surface area contributed by atoms with Gasteiger partial charge >= 0.3 is 0 Å². The summed E-state index contributed by atoms with van der Waals surface area (Å²) < 4.78 is 27.3. The largest absolute Gasteiger partial charge is 0.392 e. The van der Waals surface area contributed by atoms with Gasteiger partial charge in [0.05, 0.1) is 17.3 Å². The lowest BCUT2D eigenvalue weighted by Crippen LogP contribution is -2.15. The van der Waals surface area contributed by atoms with E-state index in [9.17, 15) is 13.5 Å². The van der Waals surface area contributed by atoms with Crippen LogP contribution in [0.4, 0.5) is 5.69 Å². The Morgan fingerprint density at radius 2 is 2.05 bits per heavy atom. The minimum absolute atomic E-state index is 0.0545. The van der Waals surface area contributed by atoms with Gasteiger partial charge in [-0.1, -0.05) is 23.2 Å². The summed E-state index contributed by atoms with van der Waals surface area (Å²) in [5.74, 6) is 0.